The molecule has 0 spiro atoms. The molecular formula is C50H42O10S. The lowest BCUT2D eigenvalue weighted by Gasteiger charge is -2.31. The number of unbranched alkanes of at least 4 members (excludes halogenated alkanes) is 4. The summed E-state index contributed by atoms with van der Waals surface area (Å²) in [6, 6.07) is 31.8. The summed E-state index contributed by atoms with van der Waals surface area (Å²) >= 11 is 1.53. The van der Waals surface area contributed by atoms with Gasteiger partial charge in [-0.1, -0.05) is 54.9 Å². The zero-order chi connectivity index (χ0) is 42.0. The predicted octanol–water partition coefficient (Wildman–Crippen LogP) is 10.9. The van der Waals surface area contributed by atoms with Crippen LogP contribution >= 0.6 is 11.8 Å². The van der Waals surface area contributed by atoms with Gasteiger partial charge < -0.3 is 29.2 Å². The predicted molar refractivity (Wildman–Crippen MR) is 228 cm³/mol. The molecule has 13 rings (SSSR count). The largest absolute Gasteiger partial charge is 0.456 e. The topological polar surface area (TPSA) is 146 Å². The van der Waals surface area contributed by atoms with Gasteiger partial charge in [-0.25, -0.2) is 9.59 Å². The highest BCUT2D eigenvalue weighted by molar-refractivity contribution is 7.99. The molecule has 2 unspecified atom stereocenters. The minimum absolute atomic E-state index is 0.000322. The van der Waals surface area contributed by atoms with E-state index in [0.717, 1.165) is 9.79 Å². The van der Waals surface area contributed by atoms with Gasteiger partial charge in [-0.15, -0.1) is 0 Å². The molecule has 0 aromatic heterocycles. The van der Waals surface area contributed by atoms with Crippen LogP contribution in [0.1, 0.15) is 127 Å². The van der Waals surface area contributed by atoms with E-state index in [1.165, 1.54) is 11.8 Å². The zero-order valence-corrected chi connectivity index (χ0v) is 34.0. The van der Waals surface area contributed by atoms with Crippen LogP contribution in [0.25, 0.3) is 10.8 Å². The third-order valence-corrected chi connectivity index (χ3v) is 12.4. The summed E-state index contributed by atoms with van der Waals surface area (Å²) in [5, 5.41) is 20.2. The molecule has 0 amide bonds. The van der Waals surface area contributed by atoms with Gasteiger partial charge in [-0.05, 0) is 123 Å². The number of aliphatic hydroxyl groups excluding tert-OH is 2. The minimum atomic E-state index is -0.993. The highest BCUT2D eigenvalue weighted by Gasteiger charge is 2.43. The zero-order valence-electron chi connectivity index (χ0n) is 33.2. The number of carbonyl (C=O) groups excluding carboxylic acids is 4. The van der Waals surface area contributed by atoms with Crippen molar-refractivity contribution >= 4 is 46.0 Å². The number of rotatable bonds is 12. The number of hydrogen-bond acceptors (Lipinski definition) is 11. The second kappa shape index (κ2) is 17.4. The summed E-state index contributed by atoms with van der Waals surface area (Å²) < 4.78 is 25.8. The first kappa shape index (κ1) is 40.2. The van der Waals surface area contributed by atoms with E-state index in [2.05, 4.69) is 0 Å². The van der Waals surface area contributed by atoms with Gasteiger partial charge >= 0.3 is 11.9 Å². The number of esters is 2. The van der Waals surface area contributed by atoms with Gasteiger partial charge in [0.15, 0.2) is 11.6 Å². The average Bonchev–Trinajstić information content (AvgIpc) is 3.27. The van der Waals surface area contributed by atoms with Crippen LogP contribution in [-0.2, 0) is 9.47 Å². The first-order valence-corrected chi connectivity index (χ1v) is 21.5. The standard InChI is InChI=1S/C50H42O10S/c51-26-8-2-6-12-39-36-24-25-37-42(47(36)57-31-18-14-29(15-19-31)49(55)59-39)46(54)43-41-35-23-22-34(61-33-10-4-1-5-11-33)28-38(35)48(44(43)45(37)53)58-32-20-16-30(17-21-32)50(56)60-40(41)13-7-3-9-27-52/h1,4-5,10-11,14-25,28,39-40,51-52H,2-3,6-9,12-13,26-27H2. The van der Waals surface area contributed by atoms with Crippen LogP contribution in [0.3, 0.4) is 0 Å². The first-order chi connectivity index (χ1) is 29.8. The molecule has 6 aliphatic heterocycles. The van der Waals surface area contributed by atoms with Crippen molar-refractivity contribution in [2.75, 3.05) is 13.2 Å². The fourth-order valence-electron chi connectivity index (χ4n) is 8.41. The summed E-state index contributed by atoms with van der Waals surface area (Å²) in [7, 11) is 0. The number of hydrogen-bond donors (Lipinski definition) is 2. The van der Waals surface area contributed by atoms with Crippen LogP contribution < -0.4 is 9.47 Å². The molecule has 2 N–H and O–H groups in total. The van der Waals surface area contributed by atoms with Gasteiger partial charge in [-0.2, -0.15) is 0 Å². The third kappa shape index (κ3) is 7.80. The maximum absolute atomic E-state index is 15.8. The Bertz CT molecular complexity index is 2670. The van der Waals surface area contributed by atoms with Crippen LogP contribution in [0.4, 0.5) is 0 Å². The molecular weight excluding hydrogens is 793 g/mol. The van der Waals surface area contributed by atoms with E-state index >= 15 is 9.59 Å². The number of ketones is 2. The maximum Gasteiger partial charge on any atom is 0.338 e. The third-order valence-electron chi connectivity index (χ3n) is 11.4. The Kier molecular flexibility index (Phi) is 11.4. The highest BCUT2D eigenvalue weighted by Crippen LogP contribution is 2.51. The van der Waals surface area contributed by atoms with Crippen molar-refractivity contribution in [1.82, 2.24) is 0 Å². The van der Waals surface area contributed by atoms with Gasteiger partial charge in [0, 0.05) is 50.6 Å². The van der Waals surface area contributed by atoms with Crippen LogP contribution in [0.2, 0.25) is 0 Å². The van der Waals surface area contributed by atoms with Crippen molar-refractivity contribution in [1.29, 1.82) is 0 Å². The molecule has 7 aliphatic rings. The second-order valence-electron chi connectivity index (χ2n) is 15.4. The Morgan fingerprint density at radius 3 is 1.75 bits per heavy atom. The van der Waals surface area contributed by atoms with Crippen LogP contribution in [0, 0.1) is 0 Å². The van der Waals surface area contributed by atoms with Gasteiger partial charge in [0.05, 0.1) is 22.3 Å². The van der Waals surface area contributed by atoms with E-state index in [1.54, 1.807) is 60.7 Å². The van der Waals surface area contributed by atoms with E-state index < -0.39 is 35.7 Å². The fourth-order valence-corrected chi connectivity index (χ4v) is 9.28. The molecule has 2 atom stereocenters. The average molecular weight is 835 g/mol. The van der Waals surface area contributed by atoms with Crippen molar-refractivity contribution in [3.63, 3.8) is 0 Å². The van der Waals surface area contributed by atoms with E-state index in [9.17, 15) is 19.8 Å². The molecule has 6 aromatic rings. The van der Waals surface area contributed by atoms with Crippen LogP contribution in [-0.4, -0.2) is 46.9 Å². The number of benzene rings is 6. The van der Waals surface area contributed by atoms with Crippen molar-refractivity contribution in [2.24, 2.45) is 0 Å². The molecule has 61 heavy (non-hydrogen) atoms. The Morgan fingerprint density at radius 2 is 1.11 bits per heavy atom. The molecule has 6 heterocycles. The number of fused-ring (bicyclic) bond motifs is 5. The van der Waals surface area contributed by atoms with Gasteiger partial charge in [0.2, 0.25) is 0 Å². The Labute approximate surface area is 356 Å². The van der Waals surface area contributed by atoms with Crippen molar-refractivity contribution in [2.45, 2.75) is 73.4 Å². The lowest BCUT2D eigenvalue weighted by Crippen LogP contribution is -2.27. The number of aliphatic hydroxyl groups is 2. The number of ether oxygens (including phenoxy) is 4. The summed E-state index contributed by atoms with van der Waals surface area (Å²) in [4.78, 5) is 60.6. The SMILES string of the molecule is O=C1OC(CCCCCO)c2ccc3c(c2Oc2ccc1cc2)C(=O)c1c(c2c4cc(Sc5ccccc5)ccc4c1C(CCCCCO)OC(=O)c1ccc(cc1)O2)C3=O. The Hall–Kier alpha value is -6.27. The van der Waals surface area contributed by atoms with E-state index in [-0.39, 0.29) is 47.0 Å². The van der Waals surface area contributed by atoms with Crippen molar-refractivity contribution in [3.8, 4) is 23.0 Å². The lowest BCUT2D eigenvalue weighted by molar-refractivity contribution is 0.0256. The molecule has 0 saturated carbocycles. The molecule has 6 aromatic carbocycles. The molecule has 0 saturated heterocycles. The molecule has 10 nitrogen and oxygen atoms in total. The molecule has 308 valence electrons. The molecule has 0 radical (unpaired) electrons. The lowest BCUT2D eigenvalue weighted by atomic mass is 9.76. The molecule has 1 aliphatic carbocycles. The minimum Gasteiger partial charge on any atom is -0.456 e. The molecule has 6 bridgehead atoms. The van der Waals surface area contributed by atoms with Crippen LogP contribution in [0.15, 0.2) is 119 Å². The highest BCUT2D eigenvalue weighted by atomic mass is 32.2. The summed E-state index contributed by atoms with van der Waals surface area (Å²) in [5.41, 5.74) is 1.59. The normalized spacial score (nSPS) is 16.4. The smallest absolute Gasteiger partial charge is 0.338 e. The summed E-state index contributed by atoms with van der Waals surface area (Å²) in [6.45, 7) is 0.0245. The van der Waals surface area contributed by atoms with E-state index in [0.29, 0.717) is 95.9 Å². The van der Waals surface area contributed by atoms with Crippen molar-refractivity contribution in [3.05, 3.63) is 154 Å². The van der Waals surface area contributed by atoms with Gasteiger partial charge in [0.1, 0.15) is 35.2 Å². The van der Waals surface area contributed by atoms with Gasteiger partial charge in [0.25, 0.3) is 0 Å². The summed E-state index contributed by atoms with van der Waals surface area (Å²) in [6.07, 6.45) is 2.39. The molecule has 0 fully saturated rings. The van der Waals surface area contributed by atoms with E-state index in [4.69, 9.17) is 18.9 Å². The monoisotopic (exact) mass is 834 g/mol. The van der Waals surface area contributed by atoms with Gasteiger partial charge in [-0.3, -0.25) is 9.59 Å². The van der Waals surface area contributed by atoms with Crippen LogP contribution in [0.5, 0.6) is 23.0 Å². The fraction of sp³-hybridized carbons (Fsp3) is 0.240. The summed E-state index contributed by atoms with van der Waals surface area (Å²) in [5.74, 6) is -1.19. The quantitative estimate of drug-likeness (QED) is 0.0896. The first-order valence-electron chi connectivity index (χ1n) is 20.6. The molecule has 11 heteroatoms. The second-order valence-corrected chi connectivity index (χ2v) is 16.5. The van der Waals surface area contributed by atoms with Crippen molar-refractivity contribution < 1.29 is 48.3 Å². The van der Waals surface area contributed by atoms with E-state index in [1.807, 2.05) is 48.5 Å². The maximum atomic E-state index is 15.8. The number of carbonyl (C=O) groups is 4. The Morgan fingerprint density at radius 1 is 0.508 bits per heavy atom. The Balaban J connectivity index is 1.30.